The van der Waals surface area contributed by atoms with Crippen LogP contribution in [0.5, 0.6) is 0 Å². The summed E-state index contributed by atoms with van der Waals surface area (Å²) < 4.78 is 2.01. The smallest absolute Gasteiger partial charge is 0.224 e. The molecule has 0 saturated heterocycles. The van der Waals surface area contributed by atoms with E-state index in [1.807, 2.05) is 48.8 Å². The maximum atomic E-state index is 11.9. The predicted molar refractivity (Wildman–Crippen MR) is 93.6 cm³/mol. The number of imidazole rings is 1. The Hall–Kier alpha value is -2.62. The van der Waals surface area contributed by atoms with Gasteiger partial charge in [-0.3, -0.25) is 4.79 Å². The number of hydrogen-bond donors (Lipinski definition) is 1. The molecule has 118 valence electrons. The van der Waals surface area contributed by atoms with E-state index in [0.717, 1.165) is 34.6 Å². The second-order valence-corrected chi connectivity index (χ2v) is 5.92. The van der Waals surface area contributed by atoms with Gasteiger partial charge in [-0.25, -0.2) is 4.98 Å². The van der Waals surface area contributed by atoms with E-state index in [9.17, 15) is 4.79 Å². The van der Waals surface area contributed by atoms with Crippen molar-refractivity contribution in [2.45, 2.75) is 33.6 Å². The zero-order valence-corrected chi connectivity index (χ0v) is 13.8. The number of aromatic nitrogens is 2. The topological polar surface area (TPSA) is 46.4 Å². The fraction of sp³-hybridized carbons (Fsp3) is 0.263. The van der Waals surface area contributed by atoms with Crippen LogP contribution in [0, 0.1) is 13.8 Å². The van der Waals surface area contributed by atoms with E-state index < -0.39 is 0 Å². The van der Waals surface area contributed by atoms with Gasteiger partial charge in [-0.2, -0.15) is 0 Å². The SMILES string of the molecule is CCCC(=O)Nc1cc(-c2cn3ccc(C)cc3n2)ccc1C. The molecule has 1 amide bonds. The van der Waals surface area contributed by atoms with Crippen LogP contribution in [0.3, 0.4) is 0 Å². The maximum absolute atomic E-state index is 11.9. The number of pyridine rings is 1. The molecule has 2 heterocycles. The van der Waals surface area contributed by atoms with E-state index >= 15 is 0 Å². The average molecular weight is 307 g/mol. The minimum atomic E-state index is 0.0541. The predicted octanol–water partition coefficient (Wildman–Crippen LogP) is 4.36. The van der Waals surface area contributed by atoms with Crippen molar-refractivity contribution in [3.05, 3.63) is 53.9 Å². The van der Waals surface area contributed by atoms with E-state index in [1.54, 1.807) is 0 Å². The number of nitrogens with one attached hydrogen (secondary N) is 1. The fourth-order valence-electron chi connectivity index (χ4n) is 2.58. The molecular weight excluding hydrogens is 286 g/mol. The number of carbonyl (C=O) groups excluding carboxylic acids is 1. The Morgan fingerprint density at radius 2 is 2.04 bits per heavy atom. The van der Waals surface area contributed by atoms with Crippen LogP contribution in [-0.4, -0.2) is 15.3 Å². The minimum Gasteiger partial charge on any atom is -0.326 e. The molecule has 0 aliphatic rings. The van der Waals surface area contributed by atoms with Crippen molar-refractivity contribution in [1.29, 1.82) is 0 Å². The van der Waals surface area contributed by atoms with E-state index in [1.165, 1.54) is 5.56 Å². The van der Waals surface area contributed by atoms with Crippen molar-refractivity contribution in [3.63, 3.8) is 0 Å². The second kappa shape index (κ2) is 6.24. The Bertz CT molecular complexity index is 864. The molecule has 0 bridgehead atoms. The summed E-state index contributed by atoms with van der Waals surface area (Å²) in [6.45, 7) is 6.06. The van der Waals surface area contributed by atoms with Crippen LogP contribution in [0.25, 0.3) is 16.9 Å². The third-order valence-corrected chi connectivity index (χ3v) is 3.90. The molecular formula is C19H21N3O. The maximum Gasteiger partial charge on any atom is 0.224 e. The highest BCUT2D eigenvalue weighted by Gasteiger charge is 2.09. The van der Waals surface area contributed by atoms with Crippen LogP contribution in [-0.2, 0) is 4.79 Å². The molecule has 3 aromatic rings. The molecule has 0 radical (unpaired) electrons. The summed E-state index contributed by atoms with van der Waals surface area (Å²) in [6.07, 6.45) is 5.41. The van der Waals surface area contributed by atoms with Gasteiger partial charge in [0.25, 0.3) is 0 Å². The van der Waals surface area contributed by atoms with E-state index in [0.29, 0.717) is 6.42 Å². The van der Waals surface area contributed by atoms with Crippen LogP contribution in [0.4, 0.5) is 5.69 Å². The number of fused-ring (bicyclic) bond motifs is 1. The summed E-state index contributed by atoms with van der Waals surface area (Å²) in [5, 5.41) is 2.99. The van der Waals surface area contributed by atoms with E-state index in [-0.39, 0.29) is 5.91 Å². The number of amides is 1. The van der Waals surface area contributed by atoms with Gasteiger partial charge in [0.1, 0.15) is 5.65 Å². The molecule has 4 heteroatoms. The quantitative estimate of drug-likeness (QED) is 0.778. The first-order chi connectivity index (χ1) is 11.1. The summed E-state index contributed by atoms with van der Waals surface area (Å²) in [5.41, 5.74) is 5.93. The minimum absolute atomic E-state index is 0.0541. The Balaban J connectivity index is 1.96. The molecule has 0 fully saturated rings. The number of carbonyl (C=O) groups is 1. The van der Waals surface area contributed by atoms with Crippen LogP contribution >= 0.6 is 0 Å². The van der Waals surface area contributed by atoms with Crippen molar-refractivity contribution < 1.29 is 4.79 Å². The van der Waals surface area contributed by atoms with E-state index in [2.05, 4.69) is 29.4 Å². The highest BCUT2D eigenvalue weighted by Crippen LogP contribution is 2.25. The molecule has 0 atom stereocenters. The summed E-state index contributed by atoms with van der Waals surface area (Å²) in [7, 11) is 0. The third kappa shape index (κ3) is 3.26. The summed E-state index contributed by atoms with van der Waals surface area (Å²) in [4.78, 5) is 16.5. The standard InChI is InChI=1S/C19H21N3O/c1-4-5-19(23)21-16-11-15(7-6-14(16)3)17-12-22-9-8-13(2)10-18(22)20-17/h6-12H,4-5H2,1-3H3,(H,21,23). The zero-order valence-electron chi connectivity index (χ0n) is 13.8. The molecule has 0 spiro atoms. The summed E-state index contributed by atoms with van der Waals surface area (Å²) in [5.74, 6) is 0.0541. The second-order valence-electron chi connectivity index (χ2n) is 5.92. The Morgan fingerprint density at radius 1 is 1.22 bits per heavy atom. The fourth-order valence-corrected chi connectivity index (χ4v) is 2.58. The lowest BCUT2D eigenvalue weighted by Gasteiger charge is -2.09. The molecule has 0 saturated carbocycles. The van der Waals surface area contributed by atoms with Crippen LogP contribution in [0.15, 0.2) is 42.7 Å². The Kier molecular flexibility index (Phi) is 4.15. The van der Waals surface area contributed by atoms with Gasteiger partial charge in [-0.15, -0.1) is 0 Å². The van der Waals surface area contributed by atoms with Gasteiger partial charge in [0, 0.05) is 30.1 Å². The van der Waals surface area contributed by atoms with Gasteiger partial charge in [0.2, 0.25) is 5.91 Å². The van der Waals surface area contributed by atoms with Crippen molar-refractivity contribution >= 4 is 17.2 Å². The van der Waals surface area contributed by atoms with Gasteiger partial charge in [-0.05, 0) is 49.6 Å². The molecule has 2 aromatic heterocycles. The van der Waals surface area contributed by atoms with Gasteiger partial charge < -0.3 is 9.72 Å². The largest absolute Gasteiger partial charge is 0.326 e. The summed E-state index contributed by atoms with van der Waals surface area (Å²) in [6, 6.07) is 10.2. The molecule has 3 rings (SSSR count). The van der Waals surface area contributed by atoms with Crippen molar-refractivity contribution in [2.75, 3.05) is 5.32 Å². The van der Waals surface area contributed by atoms with Crippen LogP contribution in [0.2, 0.25) is 0 Å². The molecule has 1 N–H and O–H groups in total. The Morgan fingerprint density at radius 3 is 2.83 bits per heavy atom. The van der Waals surface area contributed by atoms with Crippen molar-refractivity contribution in [1.82, 2.24) is 9.38 Å². The molecule has 4 nitrogen and oxygen atoms in total. The Labute approximate surface area is 136 Å². The molecule has 0 unspecified atom stereocenters. The lowest BCUT2D eigenvalue weighted by atomic mass is 10.1. The number of aryl methyl sites for hydroxylation is 2. The highest BCUT2D eigenvalue weighted by atomic mass is 16.1. The first-order valence-electron chi connectivity index (χ1n) is 7.93. The normalized spacial score (nSPS) is 10.9. The molecule has 1 aromatic carbocycles. The first kappa shape index (κ1) is 15.3. The first-order valence-corrected chi connectivity index (χ1v) is 7.93. The zero-order chi connectivity index (χ0) is 16.4. The lowest BCUT2D eigenvalue weighted by molar-refractivity contribution is -0.116. The van der Waals surface area contributed by atoms with Gasteiger partial charge >= 0.3 is 0 Å². The number of nitrogens with zero attached hydrogens (tertiary/aromatic N) is 2. The number of anilines is 1. The van der Waals surface area contributed by atoms with E-state index in [4.69, 9.17) is 0 Å². The molecule has 23 heavy (non-hydrogen) atoms. The highest BCUT2D eigenvalue weighted by molar-refractivity contribution is 5.92. The molecule has 0 aliphatic carbocycles. The van der Waals surface area contributed by atoms with Crippen LogP contribution in [0.1, 0.15) is 30.9 Å². The van der Waals surface area contributed by atoms with Gasteiger partial charge in [0.05, 0.1) is 5.69 Å². The van der Waals surface area contributed by atoms with Crippen LogP contribution < -0.4 is 5.32 Å². The third-order valence-electron chi connectivity index (χ3n) is 3.90. The monoisotopic (exact) mass is 307 g/mol. The summed E-state index contributed by atoms with van der Waals surface area (Å²) >= 11 is 0. The average Bonchev–Trinajstić information content (AvgIpc) is 2.92. The van der Waals surface area contributed by atoms with Gasteiger partial charge in [-0.1, -0.05) is 19.1 Å². The molecule has 0 aliphatic heterocycles. The number of rotatable bonds is 4. The number of benzene rings is 1. The van der Waals surface area contributed by atoms with Gasteiger partial charge in [0.15, 0.2) is 0 Å². The van der Waals surface area contributed by atoms with Crippen molar-refractivity contribution in [2.24, 2.45) is 0 Å². The van der Waals surface area contributed by atoms with Crippen molar-refractivity contribution in [3.8, 4) is 11.3 Å². The lowest BCUT2D eigenvalue weighted by Crippen LogP contribution is -2.11. The number of hydrogen-bond acceptors (Lipinski definition) is 2.